The zero-order valence-corrected chi connectivity index (χ0v) is 10.9. The molecule has 1 aromatic rings. The maximum Gasteiger partial charge on any atom is 0.0363 e. The van der Waals surface area contributed by atoms with Gasteiger partial charge in [-0.3, -0.25) is 4.90 Å². The number of nitrogen functional groups attached to an aromatic ring is 1. The number of hydrogen-bond donors (Lipinski definition) is 1. The zero-order valence-electron chi connectivity index (χ0n) is 10.9. The lowest BCUT2D eigenvalue weighted by Gasteiger charge is -2.26. The molecule has 1 heterocycles. The van der Waals surface area contributed by atoms with E-state index in [9.17, 15) is 0 Å². The molecule has 0 unspecified atom stereocenters. The molecule has 3 rings (SSSR count). The van der Waals surface area contributed by atoms with Gasteiger partial charge in [-0.25, -0.2) is 0 Å². The molecule has 1 fully saturated rings. The molecular formula is C15H22N2. The summed E-state index contributed by atoms with van der Waals surface area (Å²) >= 11 is 0. The summed E-state index contributed by atoms with van der Waals surface area (Å²) in [4.78, 5) is 2.58. The fraction of sp³-hybridized carbons (Fsp3) is 0.600. The Morgan fingerprint density at radius 2 is 2.06 bits per heavy atom. The molecule has 1 aromatic carbocycles. The molecule has 0 radical (unpaired) electrons. The Morgan fingerprint density at radius 3 is 2.65 bits per heavy atom. The lowest BCUT2D eigenvalue weighted by atomic mass is 9.92. The van der Waals surface area contributed by atoms with E-state index in [1.165, 1.54) is 30.5 Å². The quantitative estimate of drug-likeness (QED) is 0.809. The van der Waals surface area contributed by atoms with Crippen LogP contribution < -0.4 is 5.73 Å². The first kappa shape index (κ1) is 11.1. The maximum absolute atomic E-state index is 6.05. The van der Waals surface area contributed by atoms with Gasteiger partial charge in [0, 0.05) is 25.3 Å². The monoisotopic (exact) mass is 230 g/mol. The molecule has 2 aliphatic rings. The Labute approximate surface area is 104 Å². The van der Waals surface area contributed by atoms with Gasteiger partial charge in [-0.2, -0.15) is 0 Å². The van der Waals surface area contributed by atoms with E-state index < -0.39 is 0 Å². The van der Waals surface area contributed by atoms with E-state index in [0.717, 1.165) is 24.7 Å². The van der Waals surface area contributed by atoms with Crippen molar-refractivity contribution in [2.75, 3.05) is 12.3 Å². The van der Waals surface area contributed by atoms with Crippen molar-refractivity contribution in [3.8, 4) is 0 Å². The molecule has 0 amide bonds. The summed E-state index contributed by atoms with van der Waals surface area (Å²) in [6.07, 6.45) is 2.82. The van der Waals surface area contributed by atoms with Crippen molar-refractivity contribution in [1.29, 1.82) is 0 Å². The van der Waals surface area contributed by atoms with E-state index in [1.807, 2.05) is 6.07 Å². The molecule has 1 aliphatic carbocycles. The third kappa shape index (κ3) is 1.85. The van der Waals surface area contributed by atoms with E-state index in [4.69, 9.17) is 5.73 Å². The van der Waals surface area contributed by atoms with Crippen LogP contribution in [0.5, 0.6) is 0 Å². The first-order chi connectivity index (χ1) is 8.11. The average Bonchev–Trinajstić information content (AvgIpc) is 2.92. The van der Waals surface area contributed by atoms with Crippen LogP contribution in [0.3, 0.4) is 0 Å². The minimum absolute atomic E-state index is 0.608. The molecule has 0 saturated heterocycles. The van der Waals surface area contributed by atoms with Gasteiger partial charge in [0.2, 0.25) is 0 Å². The maximum atomic E-state index is 6.05. The number of hydrogen-bond acceptors (Lipinski definition) is 2. The van der Waals surface area contributed by atoms with Crippen molar-refractivity contribution in [2.45, 2.75) is 39.8 Å². The second kappa shape index (κ2) is 3.74. The number of fused-ring (bicyclic) bond motifs is 1. The van der Waals surface area contributed by atoms with Gasteiger partial charge in [-0.15, -0.1) is 0 Å². The van der Waals surface area contributed by atoms with Crippen molar-refractivity contribution >= 4 is 5.69 Å². The van der Waals surface area contributed by atoms with Crippen molar-refractivity contribution < 1.29 is 0 Å². The van der Waals surface area contributed by atoms with Crippen molar-refractivity contribution in [3.05, 3.63) is 29.3 Å². The Balaban J connectivity index is 1.73. The lowest BCUT2D eigenvalue weighted by molar-refractivity contribution is 0.188. The molecule has 0 spiro atoms. The van der Waals surface area contributed by atoms with Crippen LogP contribution in [0.25, 0.3) is 0 Å². The third-order valence-electron chi connectivity index (χ3n) is 4.74. The normalized spacial score (nSPS) is 21.8. The van der Waals surface area contributed by atoms with Crippen LogP contribution in [-0.4, -0.2) is 11.4 Å². The van der Waals surface area contributed by atoms with Crippen LogP contribution in [-0.2, 0) is 13.1 Å². The summed E-state index contributed by atoms with van der Waals surface area (Å²) in [5, 5.41) is 0. The van der Waals surface area contributed by atoms with E-state index in [-0.39, 0.29) is 0 Å². The van der Waals surface area contributed by atoms with Crippen molar-refractivity contribution in [3.63, 3.8) is 0 Å². The van der Waals surface area contributed by atoms with Gasteiger partial charge in [0.25, 0.3) is 0 Å². The second-order valence-electron chi connectivity index (χ2n) is 6.15. The van der Waals surface area contributed by atoms with Crippen LogP contribution in [0.1, 0.15) is 37.8 Å². The number of nitrogens with two attached hydrogens (primary N) is 1. The topological polar surface area (TPSA) is 29.3 Å². The van der Waals surface area contributed by atoms with E-state index >= 15 is 0 Å². The molecule has 2 N–H and O–H groups in total. The predicted molar refractivity (Wildman–Crippen MR) is 71.5 cm³/mol. The van der Waals surface area contributed by atoms with Crippen molar-refractivity contribution in [2.24, 2.45) is 11.3 Å². The Kier molecular flexibility index (Phi) is 2.44. The minimum Gasteiger partial charge on any atom is -0.398 e. The smallest absolute Gasteiger partial charge is 0.0363 e. The highest BCUT2D eigenvalue weighted by Crippen LogP contribution is 2.53. The van der Waals surface area contributed by atoms with Crippen LogP contribution in [0.2, 0.25) is 0 Å². The highest BCUT2D eigenvalue weighted by Gasteiger charge is 2.46. The van der Waals surface area contributed by atoms with Crippen LogP contribution >= 0.6 is 0 Å². The van der Waals surface area contributed by atoms with Crippen molar-refractivity contribution in [1.82, 2.24) is 4.90 Å². The molecule has 0 bridgehead atoms. The fourth-order valence-corrected chi connectivity index (χ4v) is 3.15. The largest absolute Gasteiger partial charge is 0.398 e. The highest BCUT2D eigenvalue weighted by molar-refractivity contribution is 5.52. The number of rotatable bonds is 3. The van der Waals surface area contributed by atoms with Gasteiger partial charge in [0.15, 0.2) is 0 Å². The van der Waals surface area contributed by atoms with Gasteiger partial charge in [0.05, 0.1) is 0 Å². The summed E-state index contributed by atoms with van der Waals surface area (Å²) in [5.74, 6) is 0.809. The molecule has 17 heavy (non-hydrogen) atoms. The number of nitrogens with zero attached hydrogens (tertiary/aromatic N) is 1. The Morgan fingerprint density at radius 1 is 1.29 bits per heavy atom. The summed E-state index contributed by atoms with van der Waals surface area (Å²) in [6, 6.07) is 6.32. The van der Waals surface area contributed by atoms with Crippen LogP contribution in [0.15, 0.2) is 18.2 Å². The highest BCUT2D eigenvalue weighted by atomic mass is 15.2. The fourth-order valence-electron chi connectivity index (χ4n) is 3.15. The Hall–Kier alpha value is -1.02. The van der Waals surface area contributed by atoms with Gasteiger partial charge in [-0.1, -0.05) is 26.0 Å². The number of anilines is 1. The second-order valence-corrected chi connectivity index (χ2v) is 6.15. The van der Waals surface area contributed by atoms with Crippen LogP contribution in [0.4, 0.5) is 5.69 Å². The van der Waals surface area contributed by atoms with Gasteiger partial charge >= 0.3 is 0 Å². The molecule has 0 aromatic heterocycles. The minimum atomic E-state index is 0.608. The standard InChI is InChI=1S/C15H22N2/c1-11(2)15(6-7-15)10-17-8-12-4-3-5-14(16)13(12)9-17/h3-5,11H,6-10,16H2,1-2H3. The van der Waals surface area contributed by atoms with E-state index in [2.05, 4.69) is 30.9 Å². The summed E-state index contributed by atoms with van der Waals surface area (Å²) in [7, 11) is 0. The molecule has 0 atom stereocenters. The predicted octanol–water partition coefficient (Wildman–Crippen LogP) is 3.02. The number of benzene rings is 1. The van der Waals surface area contributed by atoms with Gasteiger partial charge in [0.1, 0.15) is 0 Å². The van der Waals surface area contributed by atoms with E-state index in [1.54, 1.807) is 0 Å². The molecule has 2 nitrogen and oxygen atoms in total. The SMILES string of the molecule is CC(C)C1(CN2Cc3cccc(N)c3C2)CC1. The molecule has 1 aliphatic heterocycles. The molecule has 1 saturated carbocycles. The average molecular weight is 230 g/mol. The summed E-state index contributed by atoms with van der Waals surface area (Å²) < 4.78 is 0. The van der Waals surface area contributed by atoms with Crippen LogP contribution in [0, 0.1) is 11.3 Å². The Bertz CT molecular complexity index is 433. The third-order valence-corrected chi connectivity index (χ3v) is 4.74. The van der Waals surface area contributed by atoms with E-state index in [0.29, 0.717) is 5.41 Å². The molecule has 2 heteroatoms. The van der Waals surface area contributed by atoms with Gasteiger partial charge in [-0.05, 0) is 41.4 Å². The van der Waals surface area contributed by atoms with Gasteiger partial charge < -0.3 is 5.73 Å². The molecule has 92 valence electrons. The molecular weight excluding hydrogens is 208 g/mol. The first-order valence-corrected chi connectivity index (χ1v) is 6.69. The summed E-state index contributed by atoms with van der Waals surface area (Å²) in [5.41, 5.74) is 10.4. The first-order valence-electron chi connectivity index (χ1n) is 6.69. The lowest BCUT2D eigenvalue weighted by Crippen LogP contribution is -2.28. The zero-order chi connectivity index (χ0) is 12.0. The summed E-state index contributed by atoms with van der Waals surface area (Å²) in [6.45, 7) is 8.12.